The number of rotatable bonds is 9. The lowest BCUT2D eigenvalue weighted by Crippen LogP contribution is -2.53. The van der Waals surface area contributed by atoms with Crippen LogP contribution in [0.1, 0.15) is 76.9 Å². The number of benzene rings is 2. The zero-order chi connectivity index (χ0) is 25.5. The van der Waals surface area contributed by atoms with Gasteiger partial charge < -0.3 is 20.1 Å². The largest absolute Gasteiger partial charge is 0.497 e. The molecule has 4 rings (SSSR count). The summed E-state index contributed by atoms with van der Waals surface area (Å²) in [5.41, 5.74) is 2.17. The van der Waals surface area contributed by atoms with Crippen LogP contribution < -0.4 is 20.1 Å². The van der Waals surface area contributed by atoms with Gasteiger partial charge >= 0.3 is 0 Å². The maximum Gasteiger partial charge on any atom is 0.271 e. The second kappa shape index (κ2) is 12.0. The molecule has 2 aromatic carbocycles. The highest BCUT2D eigenvalue weighted by molar-refractivity contribution is 7.09. The molecule has 36 heavy (non-hydrogen) atoms. The Bertz CT molecular complexity index is 1180. The standard InChI is InChI=1S/C28H33N3O4S/c1-18(2)19-11-13-21(14-12-19)35-16-26-29-25(17-36-26)28(33)31-24-10-5-4-9-23(24)30-27(32)20-7-6-8-22(15-20)34-3/h6-8,11-15,17-18,23-24H,4-5,9-10,16H2,1-3H3,(H,30,32)(H,31,33). The van der Waals surface area contributed by atoms with Gasteiger partial charge in [-0.1, -0.05) is 44.9 Å². The molecule has 0 spiro atoms. The fourth-order valence-electron chi connectivity index (χ4n) is 4.31. The molecule has 8 heteroatoms. The van der Waals surface area contributed by atoms with Gasteiger partial charge in [0.1, 0.15) is 28.8 Å². The van der Waals surface area contributed by atoms with Crippen molar-refractivity contribution >= 4 is 23.2 Å². The molecule has 2 N–H and O–H groups in total. The van der Waals surface area contributed by atoms with Crippen molar-refractivity contribution in [1.29, 1.82) is 0 Å². The van der Waals surface area contributed by atoms with Gasteiger partial charge in [0.15, 0.2) is 0 Å². The number of aromatic nitrogens is 1. The summed E-state index contributed by atoms with van der Waals surface area (Å²) in [6.07, 6.45) is 3.63. The molecule has 1 saturated carbocycles. The minimum absolute atomic E-state index is 0.142. The Morgan fingerprint density at radius 2 is 1.69 bits per heavy atom. The number of nitrogens with zero attached hydrogens (tertiary/aromatic N) is 1. The van der Waals surface area contributed by atoms with E-state index < -0.39 is 0 Å². The molecule has 1 aliphatic carbocycles. The van der Waals surface area contributed by atoms with E-state index in [1.165, 1.54) is 16.9 Å². The van der Waals surface area contributed by atoms with Crippen molar-refractivity contribution < 1.29 is 19.1 Å². The van der Waals surface area contributed by atoms with E-state index in [-0.39, 0.29) is 23.9 Å². The Kier molecular flexibility index (Phi) is 8.59. The average Bonchev–Trinajstić information content (AvgIpc) is 3.38. The van der Waals surface area contributed by atoms with E-state index in [4.69, 9.17) is 9.47 Å². The van der Waals surface area contributed by atoms with Crippen LogP contribution in [0.4, 0.5) is 0 Å². The number of amides is 2. The Balaban J connectivity index is 1.33. The molecule has 2 unspecified atom stereocenters. The second-order valence-corrected chi connectivity index (χ2v) is 10.3. The molecule has 1 aromatic heterocycles. The van der Waals surface area contributed by atoms with Crippen molar-refractivity contribution in [2.75, 3.05) is 7.11 Å². The third kappa shape index (κ3) is 6.63. The first-order valence-electron chi connectivity index (χ1n) is 12.4. The van der Waals surface area contributed by atoms with Gasteiger partial charge in [-0.25, -0.2) is 4.98 Å². The molecule has 2 amide bonds. The summed E-state index contributed by atoms with van der Waals surface area (Å²) < 4.78 is 11.1. The van der Waals surface area contributed by atoms with Gasteiger partial charge in [0.05, 0.1) is 7.11 Å². The van der Waals surface area contributed by atoms with Crippen molar-refractivity contribution in [3.63, 3.8) is 0 Å². The number of carbonyl (C=O) groups is 2. The van der Waals surface area contributed by atoms with Crippen LogP contribution in [0.15, 0.2) is 53.9 Å². The van der Waals surface area contributed by atoms with Gasteiger partial charge in [0, 0.05) is 23.0 Å². The lowest BCUT2D eigenvalue weighted by molar-refractivity contribution is 0.0860. The zero-order valence-electron chi connectivity index (χ0n) is 21.0. The molecule has 0 bridgehead atoms. The Hall–Kier alpha value is -3.39. The number of hydrogen-bond donors (Lipinski definition) is 2. The predicted octanol–water partition coefficient (Wildman–Crippen LogP) is 5.33. The molecule has 0 saturated heterocycles. The molecular formula is C28H33N3O4S. The van der Waals surface area contributed by atoms with Crippen LogP contribution in [-0.2, 0) is 6.61 Å². The Morgan fingerprint density at radius 1 is 1.00 bits per heavy atom. The van der Waals surface area contributed by atoms with Crippen LogP contribution in [0.5, 0.6) is 11.5 Å². The predicted molar refractivity (Wildman–Crippen MR) is 141 cm³/mol. The zero-order valence-corrected chi connectivity index (χ0v) is 21.8. The molecule has 190 valence electrons. The normalized spacial score (nSPS) is 17.4. The van der Waals surface area contributed by atoms with E-state index in [0.29, 0.717) is 29.5 Å². The summed E-state index contributed by atoms with van der Waals surface area (Å²) in [4.78, 5) is 30.2. The van der Waals surface area contributed by atoms with Gasteiger partial charge in [-0.2, -0.15) is 0 Å². The molecular weight excluding hydrogens is 474 g/mol. The Morgan fingerprint density at radius 3 is 2.36 bits per heavy atom. The van der Waals surface area contributed by atoms with E-state index in [9.17, 15) is 9.59 Å². The first-order valence-corrected chi connectivity index (χ1v) is 13.2. The fourth-order valence-corrected chi connectivity index (χ4v) is 5.00. The summed E-state index contributed by atoms with van der Waals surface area (Å²) >= 11 is 1.40. The third-order valence-electron chi connectivity index (χ3n) is 6.42. The molecule has 1 aliphatic rings. The minimum Gasteiger partial charge on any atom is -0.497 e. The molecule has 7 nitrogen and oxygen atoms in total. The summed E-state index contributed by atoms with van der Waals surface area (Å²) in [5, 5.41) is 8.68. The van der Waals surface area contributed by atoms with E-state index in [2.05, 4.69) is 41.6 Å². The number of ether oxygens (including phenoxy) is 2. The van der Waals surface area contributed by atoms with Crippen molar-refractivity contribution in [2.24, 2.45) is 0 Å². The SMILES string of the molecule is COc1cccc(C(=O)NC2CCCCC2NC(=O)c2csc(COc3ccc(C(C)C)cc3)n2)c1. The summed E-state index contributed by atoms with van der Waals surface area (Å²) in [7, 11) is 1.57. The highest BCUT2D eigenvalue weighted by Crippen LogP contribution is 2.22. The number of methoxy groups -OCH3 is 1. The first kappa shape index (κ1) is 25.7. The Labute approximate surface area is 216 Å². The minimum atomic E-state index is -0.230. The van der Waals surface area contributed by atoms with E-state index in [1.807, 2.05) is 12.1 Å². The third-order valence-corrected chi connectivity index (χ3v) is 7.25. The van der Waals surface area contributed by atoms with Gasteiger partial charge in [-0.15, -0.1) is 11.3 Å². The van der Waals surface area contributed by atoms with Gasteiger partial charge in [-0.3, -0.25) is 9.59 Å². The molecule has 3 aromatic rings. The summed E-state index contributed by atoms with van der Waals surface area (Å²) in [6.45, 7) is 4.62. The average molecular weight is 508 g/mol. The van der Waals surface area contributed by atoms with Crippen LogP contribution in [0.25, 0.3) is 0 Å². The molecule has 0 radical (unpaired) electrons. The molecule has 0 aliphatic heterocycles. The smallest absolute Gasteiger partial charge is 0.271 e. The second-order valence-electron chi connectivity index (χ2n) is 9.32. The van der Waals surface area contributed by atoms with Gasteiger partial charge in [-0.05, 0) is 54.7 Å². The number of hydrogen-bond acceptors (Lipinski definition) is 6. The van der Waals surface area contributed by atoms with E-state index in [0.717, 1.165) is 36.4 Å². The highest BCUT2D eigenvalue weighted by atomic mass is 32.1. The number of carbonyl (C=O) groups excluding carboxylic acids is 2. The van der Waals surface area contributed by atoms with E-state index >= 15 is 0 Å². The molecule has 2 atom stereocenters. The van der Waals surface area contributed by atoms with Crippen LogP contribution in [-0.4, -0.2) is 36.0 Å². The van der Waals surface area contributed by atoms with Crippen LogP contribution in [0, 0.1) is 0 Å². The van der Waals surface area contributed by atoms with Crippen molar-refractivity contribution in [3.05, 3.63) is 75.7 Å². The molecule has 1 heterocycles. The van der Waals surface area contributed by atoms with Crippen molar-refractivity contribution in [2.45, 2.75) is 64.1 Å². The van der Waals surface area contributed by atoms with Crippen molar-refractivity contribution in [3.8, 4) is 11.5 Å². The van der Waals surface area contributed by atoms with Crippen LogP contribution >= 0.6 is 11.3 Å². The summed E-state index contributed by atoms with van der Waals surface area (Å²) in [5.74, 6) is 1.48. The maximum atomic E-state index is 12.9. The lowest BCUT2D eigenvalue weighted by Gasteiger charge is -2.32. The fraction of sp³-hybridized carbons (Fsp3) is 0.393. The van der Waals surface area contributed by atoms with E-state index in [1.54, 1.807) is 36.8 Å². The highest BCUT2D eigenvalue weighted by Gasteiger charge is 2.29. The summed E-state index contributed by atoms with van der Waals surface area (Å²) in [6, 6.07) is 14.8. The number of thiazole rings is 1. The first-order chi connectivity index (χ1) is 17.4. The maximum absolute atomic E-state index is 12.9. The van der Waals surface area contributed by atoms with Gasteiger partial charge in [0.25, 0.3) is 11.8 Å². The van der Waals surface area contributed by atoms with Gasteiger partial charge in [0.2, 0.25) is 0 Å². The molecule has 1 fully saturated rings. The lowest BCUT2D eigenvalue weighted by atomic mass is 9.90. The van der Waals surface area contributed by atoms with Crippen LogP contribution in [0.2, 0.25) is 0 Å². The monoisotopic (exact) mass is 507 g/mol. The quantitative estimate of drug-likeness (QED) is 0.409. The topological polar surface area (TPSA) is 89.6 Å². The van der Waals surface area contributed by atoms with Crippen LogP contribution in [0.3, 0.4) is 0 Å². The van der Waals surface area contributed by atoms with Crippen molar-refractivity contribution in [1.82, 2.24) is 15.6 Å². The number of nitrogens with one attached hydrogen (secondary N) is 2.